The summed E-state index contributed by atoms with van der Waals surface area (Å²) in [5.74, 6) is 0.904. The summed E-state index contributed by atoms with van der Waals surface area (Å²) < 4.78 is 11.2. The van der Waals surface area contributed by atoms with Gasteiger partial charge in [0.25, 0.3) is 0 Å². The van der Waals surface area contributed by atoms with Gasteiger partial charge in [-0.05, 0) is 51.0 Å². The highest BCUT2D eigenvalue weighted by atomic mass is 32.1. The van der Waals surface area contributed by atoms with Gasteiger partial charge >= 0.3 is 5.97 Å². The van der Waals surface area contributed by atoms with E-state index >= 15 is 0 Å². The molecule has 3 aliphatic rings. The van der Waals surface area contributed by atoms with Crippen molar-refractivity contribution in [3.63, 3.8) is 0 Å². The maximum absolute atomic E-state index is 13.2. The molecule has 2 saturated heterocycles. The minimum atomic E-state index is -0.352. The number of carbonyl (C=O) groups is 1. The lowest BCUT2D eigenvalue weighted by atomic mass is 9.61. The molecular formula is C23H37N3O3S. The Morgan fingerprint density at radius 2 is 2.13 bits per heavy atom. The van der Waals surface area contributed by atoms with Gasteiger partial charge in [-0.15, -0.1) is 11.3 Å². The first-order chi connectivity index (χ1) is 14.5. The number of aromatic nitrogens is 1. The zero-order valence-corrected chi connectivity index (χ0v) is 19.6. The lowest BCUT2D eigenvalue weighted by Crippen LogP contribution is -2.58. The highest BCUT2D eigenvalue weighted by Gasteiger charge is 2.53. The fraction of sp³-hybridized carbons (Fsp3) is 0.826. The van der Waals surface area contributed by atoms with E-state index in [1.807, 2.05) is 6.92 Å². The van der Waals surface area contributed by atoms with E-state index in [1.54, 1.807) is 11.3 Å². The Morgan fingerprint density at radius 3 is 2.83 bits per heavy atom. The van der Waals surface area contributed by atoms with Gasteiger partial charge in [0.05, 0.1) is 37.5 Å². The fourth-order valence-corrected chi connectivity index (χ4v) is 6.59. The predicted molar refractivity (Wildman–Crippen MR) is 119 cm³/mol. The molecule has 2 aliphatic heterocycles. The van der Waals surface area contributed by atoms with Crippen molar-refractivity contribution in [1.29, 1.82) is 0 Å². The van der Waals surface area contributed by atoms with Crippen molar-refractivity contribution in [2.24, 2.45) is 11.3 Å². The van der Waals surface area contributed by atoms with Gasteiger partial charge in [-0.2, -0.15) is 0 Å². The molecule has 168 valence electrons. The summed E-state index contributed by atoms with van der Waals surface area (Å²) in [6.45, 7) is 13.2. The van der Waals surface area contributed by atoms with Gasteiger partial charge in [0.15, 0.2) is 0 Å². The summed E-state index contributed by atoms with van der Waals surface area (Å²) in [4.78, 5) is 23.1. The average Bonchev–Trinajstić information content (AvgIpc) is 3.23. The number of thiazole rings is 1. The summed E-state index contributed by atoms with van der Waals surface area (Å²) in [6.07, 6.45) is 4.20. The van der Waals surface area contributed by atoms with Gasteiger partial charge in [-0.25, -0.2) is 4.98 Å². The molecule has 1 aromatic heterocycles. The molecule has 3 fully saturated rings. The number of ether oxygens (including phenoxy) is 2. The molecule has 0 spiro atoms. The second kappa shape index (κ2) is 9.63. The quantitative estimate of drug-likeness (QED) is 0.637. The lowest BCUT2D eigenvalue weighted by Gasteiger charge is -2.52. The number of hydrogen-bond donors (Lipinski definition) is 0. The molecule has 4 rings (SSSR count). The average molecular weight is 436 g/mol. The van der Waals surface area contributed by atoms with E-state index in [9.17, 15) is 4.79 Å². The van der Waals surface area contributed by atoms with Crippen LogP contribution in [0.1, 0.15) is 63.1 Å². The van der Waals surface area contributed by atoms with Crippen LogP contribution in [0, 0.1) is 11.3 Å². The molecule has 0 bridgehead atoms. The number of morpholine rings is 1. The third-order valence-corrected chi connectivity index (χ3v) is 8.18. The number of rotatable bonds is 6. The van der Waals surface area contributed by atoms with Crippen molar-refractivity contribution in [3.05, 3.63) is 16.1 Å². The summed E-state index contributed by atoms with van der Waals surface area (Å²) in [5, 5.41) is 3.35. The van der Waals surface area contributed by atoms with Gasteiger partial charge in [0, 0.05) is 31.1 Å². The molecule has 6 nitrogen and oxygen atoms in total. The van der Waals surface area contributed by atoms with Crippen LogP contribution in [-0.4, -0.2) is 72.8 Å². The lowest BCUT2D eigenvalue weighted by molar-refractivity contribution is -0.170. The molecule has 1 saturated carbocycles. The number of likely N-dealkylation sites (tertiary alicyclic amines) is 1. The van der Waals surface area contributed by atoms with E-state index in [0.717, 1.165) is 76.6 Å². The Morgan fingerprint density at radius 1 is 1.33 bits per heavy atom. The zero-order chi connectivity index (χ0) is 21.1. The molecule has 1 aromatic rings. The SMILES string of the molecule is CCOC(=O)[C@@]12CC[C@H](N3CCOCC3)C[C@H]1CCN(Cc1nc(C(C)C)cs1)C2. The Bertz CT molecular complexity index is 718. The summed E-state index contributed by atoms with van der Waals surface area (Å²) in [7, 11) is 0. The molecule has 1 aliphatic carbocycles. The maximum Gasteiger partial charge on any atom is 0.313 e. The van der Waals surface area contributed by atoms with Crippen LogP contribution in [0.15, 0.2) is 5.38 Å². The molecular weight excluding hydrogens is 398 g/mol. The number of hydrogen-bond acceptors (Lipinski definition) is 7. The maximum atomic E-state index is 13.2. The minimum absolute atomic E-state index is 0.0298. The first-order valence-electron chi connectivity index (χ1n) is 11.7. The van der Waals surface area contributed by atoms with E-state index < -0.39 is 0 Å². The van der Waals surface area contributed by atoms with Crippen molar-refractivity contribution in [3.8, 4) is 0 Å². The summed E-state index contributed by atoms with van der Waals surface area (Å²) in [5.41, 5.74) is 0.825. The second-order valence-corrected chi connectivity index (χ2v) is 10.4. The highest BCUT2D eigenvalue weighted by Crippen LogP contribution is 2.48. The smallest absolute Gasteiger partial charge is 0.313 e. The van der Waals surface area contributed by atoms with Crippen LogP contribution in [0.25, 0.3) is 0 Å². The standard InChI is InChI=1S/C23H37N3O3S/c1-4-29-22(27)23-7-5-19(26-9-11-28-12-10-26)13-18(23)6-8-25(16-23)14-21-24-20(15-30-21)17(2)3/h15,17-19H,4-14,16H2,1-3H3/t18-,19+,23-/m1/s1. The van der Waals surface area contributed by atoms with E-state index in [0.29, 0.717) is 24.5 Å². The second-order valence-electron chi connectivity index (χ2n) is 9.47. The first kappa shape index (κ1) is 22.2. The monoisotopic (exact) mass is 435 g/mol. The number of esters is 1. The number of nitrogens with zero attached hydrogens (tertiary/aromatic N) is 3. The van der Waals surface area contributed by atoms with Gasteiger partial charge in [-0.1, -0.05) is 13.8 Å². The Hall–Kier alpha value is -1.02. The van der Waals surface area contributed by atoms with Crippen molar-refractivity contribution in [2.75, 3.05) is 46.0 Å². The first-order valence-corrected chi connectivity index (χ1v) is 12.6. The predicted octanol–water partition coefficient (Wildman–Crippen LogP) is 3.52. The van der Waals surface area contributed by atoms with Crippen molar-refractivity contribution in [2.45, 2.75) is 65.0 Å². The van der Waals surface area contributed by atoms with Crippen LogP contribution in [0.2, 0.25) is 0 Å². The molecule has 3 heterocycles. The largest absolute Gasteiger partial charge is 0.466 e. The van der Waals surface area contributed by atoms with Gasteiger partial charge in [-0.3, -0.25) is 14.6 Å². The third-order valence-electron chi connectivity index (χ3n) is 7.33. The fourth-order valence-electron chi connectivity index (χ4n) is 5.59. The number of carbonyl (C=O) groups excluding carboxylic acids is 1. The molecule has 0 unspecified atom stereocenters. The molecule has 30 heavy (non-hydrogen) atoms. The van der Waals surface area contributed by atoms with Gasteiger partial charge in [0.1, 0.15) is 5.01 Å². The Kier molecular flexibility index (Phi) is 7.12. The normalized spacial score (nSPS) is 30.9. The molecule has 7 heteroatoms. The summed E-state index contributed by atoms with van der Waals surface area (Å²) in [6, 6.07) is 0.584. The van der Waals surface area contributed by atoms with E-state index in [1.165, 1.54) is 5.69 Å². The van der Waals surface area contributed by atoms with Crippen LogP contribution < -0.4 is 0 Å². The molecule has 0 N–H and O–H groups in total. The molecule has 3 atom stereocenters. The van der Waals surface area contributed by atoms with E-state index in [2.05, 4.69) is 29.0 Å². The van der Waals surface area contributed by atoms with Crippen LogP contribution in [-0.2, 0) is 20.8 Å². The van der Waals surface area contributed by atoms with Crippen LogP contribution in [0.3, 0.4) is 0 Å². The topological polar surface area (TPSA) is 54.9 Å². The Balaban J connectivity index is 1.46. The zero-order valence-electron chi connectivity index (χ0n) is 18.8. The van der Waals surface area contributed by atoms with Crippen molar-refractivity contribution >= 4 is 17.3 Å². The number of piperidine rings is 1. The van der Waals surface area contributed by atoms with Crippen molar-refractivity contribution in [1.82, 2.24) is 14.8 Å². The van der Waals surface area contributed by atoms with Gasteiger partial charge < -0.3 is 9.47 Å². The van der Waals surface area contributed by atoms with Crippen LogP contribution in [0.5, 0.6) is 0 Å². The van der Waals surface area contributed by atoms with Gasteiger partial charge in [0.2, 0.25) is 0 Å². The van der Waals surface area contributed by atoms with Crippen LogP contribution in [0.4, 0.5) is 0 Å². The Labute approximate surface area is 184 Å². The van der Waals surface area contributed by atoms with E-state index in [4.69, 9.17) is 14.5 Å². The third kappa shape index (κ3) is 4.59. The molecule has 0 amide bonds. The molecule has 0 aromatic carbocycles. The highest BCUT2D eigenvalue weighted by molar-refractivity contribution is 7.09. The minimum Gasteiger partial charge on any atom is -0.466 e. The number of fused-ring (bicyclic) bond motifs is 1. The van der Waals surface area contributed by atoms with Crippen LogP contribution >= 0.6 is 11.3 Å². The van der Waals surface area contributed by atoms with Crippen molar-refractivity contribution < 1.29 is 14.3 Å². The summed E-state index contributed by atoms with van der Waals surface area (Å²) >= 11 is 1.75. The van der Waals surface area contributed by atoms with E-state index in [-0.39, 0.29) is 11.4 Å². The molecule has 0 radical (unpaired) electrons.